The van der Waals surface area contributed by atoms with Crippen LogP contribution in [0.4, 0.5) is 20.2 Å². The Bertz CT molecular complexity index is 886. The molecule has 0 fully saturated rings. The number of carbonyl (C=O) groups is 2. The number of alkyl halides is 2. The molecule has 0 atom stereocenters. The number of amides is 1. The van der Waals surface area contributed by atoms with Crippen molar-refractivity contribution in [3.05, 3.63) is 45.8 Å². The van der Waals surface area contributed by atoms with Crippen molar-refractivity contribution in [3.8, 4) is 0 Å². The number of aryl methyl sites for hydroxylation is 1. The zero-order valence-corrected chi connectivity index (χ0v) is 15.7. The van der Waals surface area contributed by atoms with Crippen LogP contribution in [0.5, 0.6) is 0 Å². The summed E-state index contributed by atoms with van der Waals surface area (Å²) < 4.78 is 30.5. The fourth-order valence-electron chi connectivity index (χ4n) is 2.34. The highest BCUT2D eigenvalue weighted by Gasteiger charge is 2.23. The number of benzene rings is 1. The van der Waals surface area contributed by atoms with E-state index in [-0.39, 0.29) is 23.6 Å². The third-order valence-corrected chi connectivity index (χ3v) is 4.25. The second kappa shape index (κ2) is 9.26. The Labute approximate surface area is 162 Å². The molecule has 1 N–H and O–H groups in total. The number of halogens is 2. The maximum Gasteiger partial charge on any atom is 0.328 e. The number of nitrogens with one attached hydrogen (secondary N) is 1. The molecule has 0 aliphatic carbocycles. The fraction of sp³-hybridized carbons (Fsp3) is 0.312. The summed E-state index contributed by atoms with van der Waals surface area (Å²) in [7, 11) is 0. The van der Waals surface area contributed by atoms with E-state index in [0.29, 0.717) is 22.3 Å². The van der Waals surface area contributed by atoms with Crippen molar-refractivity contribution in [3.63, 3.8) is 0 Å². The van der Waals surface area contributed by atoms with E-state index >= 15 is 0 Å². The van der Waals surface area contributed by atoms with Gasteiger partial charge in [-0.25, -0.2) is 0 Å². The summed E-state index contributed by atoms with van der Waals surface area (Å²) in [5.41, 5.74) is 0.542. The molecule has 12 heteroatoms. The topological polar surface area (TPSA) is 116 Å². The van der Waals surface area contributed by atoms with E-state index in [2.05, 4.69) is 10.4 Å². The average Bonchev–Trinajstić information content (AvgIpc) is 2.88. The predicted molar refractivity (Wildman–Crippen MR) is 96.2 cm³/mol. The number of rotatable bonds is 8. The van der Waals surface area contributed by atoms with Crippen molar-refractivity contribution >= 4 is 35.0 Å². The van der Waals surface area contributed by atoms with E-state index in [1.54, 1.807) is 0 Å². The summed E-state index contributed by atoms with van der Waals surface area (Å²) in [5.74, 6) is -3.95. The van der Waals surface area contributed by atoms with Gasteiger partial charge in [0, 0.05) is 10.6 Å². The van der Waals surface area contributed by atoms with E-state index in [4.69, 9.17) is 4.74 Å². The third-order valence-electron chi connectivity index (χ3n) is 3.53. The lowest BCUT2D eigenvalue weighted by Gasteiger charge is -2.08. The van der Waals surface area contributed by atoms with Crippen molar-refractivity contribution < 1.29 is 28.0 Å². The highest BCUT2D eigenvalue weighted by atomic mass is 32.2. The molecule has 150 valence electrons. The molecule has 0 radical (unpaired) electrons. The van der Waals surface area contributed by atoms with Gasteiger partial charge in [0.2, 0.25) is 0 Å². The van der Waals surface area contributed by atoms with Gasteiger partial charge in [-0.15, -0.1) is 0 Å². The van der Waals surface area contributed by atoms with Gasteiger partial charge in [0.05, 0.1) is 4.92 Å². The van der Waals surface area contributed by atoms with Gasteiger partial charge >= 0.3 is 11.7 Å². The Hall–Kier alpha value is -3.02. The van der Waals surface area contributed by atoms with E-state index in [1.807, 2.05) is 0 Å². The minimum atomic E-state index is -2.54. The molecule has 0 spiro atoms. The first-order valence-electron chi connectivity index (χ1n) is 7.86. The standard InChI is InChI=1S/C16H16F2N4O5S/c1-9-15(22(25)26)10(2)21(20-9)7-14(24)27-8-13(23)19-11-3-5-12(6-4-11)28-16(17)18/h3-6,16H,7-8H2,1-2H3,(H,19,23). The van der Waals surface area contributed by atoms with E-state index in [9.17, 15) is 28.5 Å². The Morgan fingerprint density at radius 3 is 2.50 bits per heavy atom. The van der Waals surface area contributed by atoms with Crippen molar-refractivity contribution in [1.82, 2.24) is 9.78 Å². The summed E-state index contributed by atoms with van der Waals surface area (Å²) >= 11 is 0.381. The van der Waals surface area contributed by atoms with Gasteiger partial charge in [-0.1, -0.05) is 11.8 Å². The summed E-state index contributed by atoms with van der Waals surface area (Å²) in [5, 5.41) is 17.3. The number of esters is 1. The lowest BCUT2D eigenvalue weighted by molar-refractivity contribution is -0.386. The Kier molecular flexibility index (Phi) is 7.04. The summed E-state index contributed by atoms with van der Waals surface area (Å²) in [6.45, 7) is 1.95. The largest absolute Gasteiger partial charge is 0.454 e. The van der Waals surface area contributed by atoms with Crippen LogP contribution in [0.3, 0.4) is 0 Å². The number of nitro groups is 1. The first-order valence-corrected chi connectivity index (χ1v) is 8.74. The molecular weight excluding hydrogens is 398 g/mol. The SMILES string of the molecule is Cc1nn(CC(=O)OCC(=O)Nc2ccc(SC(F)F)cc2)c(C)c1[N+](=O)[O-]. The lowest BCUT2D eigenvalue weighted by Crippen LogP contribution is -2.23. The van der Waals surface area contributed by atoms with Crippen LogP contribution in [0.15, 0.2) is 29.2 Å². The van der Waals surface area contributed by atoms with Crippen LogP contribution in [0.25, 0.3) is 0 Å². The number of hydrogen-bond acceptors (Lipinski definition) is 7. The number of hydrogen-bond donors (Lipinski definition) is 1. The number of aromatic nitrogens is 2. The second-order valence-corrected chi connectivity index (χ2v) is 6.61. The van der Waals surface area contributed by atoms with Gasteiger partial charge in [0.15, 0.2) is 6.61 Å². The summed E-state index contributed by atoms with van der Waals surface area (Å²) in [6, 6.07) is 5.74. The van der Waals surface area contributed by atoms with Gasteiger partial charge < -0.3 is 10.1 Å². The molecule has 0 aliphatic rings. The third kappa shape index (κ3) is 5.74. The van der Waals surface area contributed by atoms with Gasteiger partial charge in [0.1, 0.15) is 17.9 Å². The van der Waals surface area contributed by atoms with Gasteiger partial charge in [0.25, 0.3) is 11.7 Å². The first kappa shape index (κ1) is 21.3. The molecule has 2 rings (SSSR count). The van der Waals surface area contributed by atoms with Gasteiger partial charge in [-0.05, 0) is 38.1 Å². The molecule has 0 saturated heterocycles. The molecule has 0 saturated carbocycles. The minimum absolute atomic E-state index is 0.168. The molecule has 1 aromatic carbocycles. The maximum atomic E-state index is 12.3. The highest BCUT2D eigenvalue weighted by Crippen LogP contribution is 2.26. The van der Waals surface area contributed by atoms with Crippen LogP contribution >= 0.6 is 11.8 Å². The lowest BCUT2D eigenvalue weighted by atomic mass is 10.3. The van der Waals surface area contributed by atoms with Crippen LogP contribution in [0.2, 0.25) is 0 Å². The molecule has 1 amide bonds. The molecule has 2 aromatic rings. The zero-order chi connectivity index (χ0) is 20.8. The van der Waals surface area contributed by atoms with Crippen LogP contribution in [0.1, 0.15) is 11.4 Å². The van der Waals surface area contributed by atoms with E-state index in [0.717, 1.165) is 4.68 Å². The highest BCUT2D eigenvalue weighted by molar-refractivity contribution is 7.99. The molecule has 1 heterocycles. The van der Waals surface area contributed by atoms with Crippen molar-refractivity contribution in [2.45, 2.75) is 31.0 Å². The average molecular weight is 414 g/mol. The first-order chi connectivity index (χ1) is 13.2. The van der Waals surface area contributed by atoms with E-state index in [1.165, 1.54) is 38.1 Å². The Morgan fingerprint density at radius 2 is 1.96 bits per heavy atom. The molecule has 28 heavy (non-hydrogen) atoms. The van der Waals surface area contributed by atoms with Crippen LogP contribution in [-0.2, 0) is 20.9 Å². The minimum Gasteiger partial charge on any atom is -0.454 e. The molecule has 0 unspecified atom stereocenters. The normalized spacial score (nSPS) is 10.8. The monoisotopic (exact) mass is 414 g/mol. The van der Waals surface area contributed by atoms with Gasteiger partial charge in [-0.2, -0.15) is 13.9 Å². The smallest absolute Gasteiger partial charge is 0.328 e. The van der Waals surface area contributed by atoms with Crippen molar-refractivity contribution in [2.24, 2.45) is 0 Å². The summed E-state index contributed by atoms with van der Waals surface area (Å²) in [6.07, 6.45) is 0. The Morgan fingerprint density at radius 1 is 1.32 bits per heavy atom. The number of carbonyl (C=O) groups excluding carboxylic acids is 2. The van der Waals surface area contributed by atoms with Gasteiger partial charge in [-0.3, -0.25) is 24.4 Å². The number of nitrogens with zero attached hydrogens (tertiary/aromatic N) is 3. The quantitative estimate of drug-likeness (QED) is 0.305. The van der Waals surface area contributed by atoms with Crippen molar-refractivity contribution in [2.75, 3.05) is 11.9 Å². The molecular formula is C16H16F2N4O5S. The fourth-order valence-corrected chi connectivity index (χ4v) is 2.84. The molecule has 0 bridgehead atoms. The van der Waals surface area contributed by atoms with Crippen LogP contribution < -0.4 is 5.32 Å². The Balaban J connectivity index is 1.85. The molecule has 9 nitrogen and oxygen atoms in total. The number of anilines is 1. The molecule has 1 aromatic heterocycles. The maximum absolute atomic E-state index is 12.3. The van der Waals surface area contributed by atoms with Crippen LogP contribution in [-0.4, -0.2) is 38.9 Å². The van der Waals surface area contributed by atoms with E-state index < -0.39 is 29.2 Å². The summed E-state index contributed by atoms with van der Waals surface area (Å²) in [4.78, 5) is 34.4. The molecule has 0 aliphatic heterocycles. The van der Waals surface area contributed by atoms with Crippen molar-refractivity contribution in [1.29, 1.82) is 0 Å². The van der Waals surface area contributed by atoms with Crippen LogP contribution in [0, 0.1) is 24.0 Å². The number of ether oxygens (including phenoxy) is 1. The second-order valence-electron chi connectivity index (χ2n) is 5.55. The number of thioether (sulfide) groups is 1. The predicted octanol–water partition coefficient (Wildman–Crippen LogP) is 2.90. The zero-order valence-electron chi connectivity index (χ0n) is 14.8.